The first kappa shape index (κ1) is 17.5. The van der Waals surface area contributed by atoms with Crippen LogP contribution < -0.4 is 16.4 Å². The molecule has 0 radical (unpaired) electrons. The van der Waals surface area contributed by atoms with Crippen molar-refractivity contribution in [2.45, 2.75) is 12.0 Å². The van der Waals surface area contributed by atoms with Crippen LogP contribution in [0.15, 0.2) is 60.7 Å². The van der Waals surface area contributed by atoms with E-state index in [0.717, 1.165) is 11.1 Å². The summed E-state index contributed by atoms with van der Waals surface area (Å²) in [5.74, 6) is -0.516. The Hall–Kier alpha value is -2.86. The molecule has 1 unspecified atom stereocenters. The van der Waals surface area contributed by atoms with Crippen LogP contribution in [0.4, 0.5) is 4.79 Å². The van der Waals surface area contributed by atoms with Gasteiger partial charge in [-0.05, 0) is 11.1 Å². The van der Waals surface area contributed by atoms with Crippen molar-refractivity contribution >= 4 is 11.9 Å². The van der Waals surface area contributed by atoms with Crippen molar-refractivity contribution in [2.24, 2.45) is 5.73 Å². The maximum absolute atomic E-state index is 12.1. The molecule has 0 saturated carbocycles. The molecule has 1 atom stereocenters. The molecule has 0 aliphatic carbocycles. The average Bonchev–Trinajstić information content (AvgIpc) is 2.61. The zero-order chi connectivity index (χ0) is 17.4. The van der Waals surface area contributed by atoms with Crippen LogP contribution in [0.25, 0.3) is 0 Å². The van der Waals surface area contributed by atoms with Gasteiger partial charge in [0.2, 0.25) is 5.91 Å². The maximum atomic E-state index is 12.1. The summed E-state index contributed by atoms with van der Waals surface area (Å²) >= 11 is 0. The minimum absolute atomic E-state index is 0.0377. The molecule has 126 valence electrons. The Morgan fingerprint density at radius 3 is 1.88 bits per heavy atom. The quantitative estimate of drug-likeness (QED) is 0.609. The number of aliphatic hydroxyl groups is 1. The third kappa shape index (κ3) is 4.82. The van der Waals surface area contributed by atoms with Gasteiger partial charge in [-0.25, -0.2) is 4.79 Å². The highest BCUT2D eigenvalue weighted by Crippen LogP contribution is 2.23. The van der Waals surface area contributed by atoms with Crippen molar-refractivity contribution in [2.75, 3.05) is 13.2 Å². The third-order valence-corrected chi connectivity index (χ3v) is 3.70. The summed E-state index contributed by atoms with van der Waals surface area (Å²) in [5.41, 5.74) is 7.13. The van der Waals surface area contributed by atoms with Crippen molar-refractivity contribution in [1.82, 2.24) is 10.6 Å². The van der Waals surface area contributed by atoms with Gasteiger partial charge in [-0.3, -0.25) is 4.79 Å². The lowest BCUT2D eigenvalue weighted by molar-refractivity contribution is -0.123. The summed E-state index contributed by atoms with van der Waals surface area (Å²) in [6, 6.07) is 17.7. The van der Waals surface area contributed by atoms with Crippen LogP contribution in [0.5, 0.6) is 0 Å². The summed E-state index contributed by atoms with van der Waals surface area (Å²) in [6.07, 6.45) is 0. The van der Waals surface area contributed by atoms with Crippen LogP contribution in [0.2, 0.25) is 0 Å². The molecule has 5 N–H and O–H groups in total. The lowest BCUT2D eigenvalue weighted by Gasteiger charge is -2.21. The van der Waals surface area contributed by atoms with E-state index in [1.807, 2.05) is 60.7 Å². The van der Waals surface area contributed by atoms with Gasteiger partial charge in [-0.2, -0.15) is 0 Å². The summed E-state index contributed by atoms with van der Waals surface area (Å²) < 4.78 is 0. The van der Waals surface area contributed by atoms with Crippen LogP contribution in [-0.4, -0.2) is 36.2 Å². The van der Waals surface area contributed by atoms with Gasteiger partial charge in [0.1, 0.15) is 6.04 Å². The lowest BCUT2D eigenvalue weighted by Crippen LogP contribution is -2.51. The van der Waals surface area contributed by atoms with Gasteiger partial charge in [0.15, 0.2) is 0 Å². The van der Waals surface area contributed by atoms with Crippen LogP contribution >= 0.6 is 0 Å². The topological polar surface area (TPSA) is 104 Å². The maximum Gasteiger partial charge on any atom is 0.312 e. The number of amides is 3. The number of nitrogens with two attached hydrogens (primary N) is 1. The molecule has 2 aromatic carbocycles. The minimum atomic E-state index is -1.06. The normalized spacial score (nSPS) is 11.8. The molecule has 6 heteroatoms. The molecular weight excluding hydrogens is 306 g/mol. The van der Waals surface area contributed by atoms with E-state index in [1.54, 1.807) is 0 Å². The highest BCUT2D eigenvalue weighted by Gasteiger charge is 2.21. The first-order valence-corrected chi connectivity index (χ1v) is 7.66. The summed E-state index contributed by atoms with van der Waals surface area (Å²) in [7, 11) is 0. The molecule has 6 nitrogen and oxygen atoms in total. The van der Waals surface area contributed by atoms with Crippen molar-refractivity contribution < 1.29 is 14.7 Å². The molecular formula is C18H21N3O3. The molecule has 2 aromatic rings. The number of primary amides is 1. The van der Waals surface area contributed by atoms with Gasteiger partial charge < -0.3 is 21.5 Å². The molecule has 0 spiro atoms. The van der Waals surface area contributed by atoms with Crippen molar-refractivity contribution in [3.05, 3.63) is 71.8 Å². The number of urea groups is 1. The number of nitrogens with one attached hydrogen (secondary N) is 2. The van der Waals surface area contributed by atoms with E-state index in [0.29, 0.717) is 6.54 Å². The third-order valence-electron chi connectivity index (χ3n) is 3.70. The van der Waals surface area contributed by atoms with Gasteiger partial charge in [0, 0.05) is 12.5 Å². The molecule has 0 fully saturated rings. The van der Waals surface area contributed by atoms with Crippen molar-refractivity contribution in [1.29, 1.82) is 0 Å². The van der Waals surface area contributed by atoms with E-state index in [9.17, 15) is 14.7 Å². The van der Waals surface area contributed by atoms with E-state index in [2.05, 4.69) is 10.6 Å². The lowest BCUT2D eigenvalue weighted by atomic mass is 9.91. The highest BCUT2D eigenvalue weighted by atomic mass is 16.3. The summed E-state index contributed by atoms with van der Waals surface area (Å²) in [6.45, 7) is -0.181. The monoisotopic (exact) mass is 327 g/mol. The smallest absolute Gasteiger partial charge is 0.312 e. The van der Waals surface area contributed by atoms with E-state index in [1.165, 1.54) is 0 Å². The number of aliphatic hydroxyl groups excluding tert-OH is 1. The van der Waals surface area contributed by atoms with Gasteiger partial charge in [-0.15, -0.1) is 0 Å². The number of hydrogen-bond acceptors (Lipinski definition) is 3. The number of rotatable bonds is 7. The Labute approximate surface area is 140 Å². The van der Waals surface area contributed by atoms with Crippen molar-refractivity contribution in [3.8, 4) is 0 Å². The van der Waals surface area contributed by atoms with Gasteiger partial charge in [-0.1, -0.05) is 60.7 Å². The number of benzene rings is 2. The second-order valence-electron chi connectivity index (χ2n) is 5.36. The number of carbonyl (C=O) groups excluding carboxylic acids is 2. The van der Waals surface area contributed by atoms with E-state index in [-0.39, 0.29) is 5.92 Å². The molecule has 3 amide bonds. The van der Waals surface area contributed by atoms with Gasteiger partial charge in [0.25, 0.3) is 0 Å². The Kier molecular flexibility index (Phi) is 6.33. The minimum Gasteiger partial charge on any atom is -0.394 e. The molecule has 0 heterocycles. The molecule has 2 rings (SSSR count). The average molecular weight is 327 g/mol. The molecule has 0 aromatic heterocycles. The first-order valence-electron chi connectivity index (χ1n) is 7.66. The molecule has 24 heavy (non-hydrogen) atoms. The summed E-state index contributed by atoms with van der Waals surface area (Å²) in [5, 5.41) is 14.2. The summed E-state index contributed by atoms with van der Waals surface area (Å²) in [4.78, 5) is 23.0. The fraction of sp³-hybridized carbons (Fsp3) is 0.222. The Balaban J connectivity index is 2.12. The molecule has 0 aliphatic rings. The first-order chi connectivity index (χ1) is 11.6. The van der Waals surface area contributed by atoms with Gasteiger partial charge in [0.05, 0.1) is 6.61 Å². The highest BCUT2D eigenvalue weighted by molar-refractivity contribution is 5.86. The SMILES string of the molecule is NC(=O)NC(CO)C(=O)NCC(c1ccccc1)c1ccccc1. The van der Waals surface area contributed by atoms with Crippen LogP contribution in [0.3, 0.4) is 0 Å². The molecule has 0 bridgehead atoms. The predicted molar refractivity (Wildman–Crippen MR) is 91.3 cm³/mol. The number of carbonyl (C=O) groups is 2. The standard InChI is InChI=1S/C18H21N3O3/c19-18(24)21-16(12-22)17(23)20-11-15(13-7-3-1-4-8-13)14-9-5-2-6-10-14/h1-10,15-16,22H,11-12H2,(H,20,23)(H3,19,21,24). The predicted octanol–water partition coefficient (Wildman–Crippen LogP) is 0.964. The Morgan fingerprint density at radius 2 is 1.46 bits per heavy atom. The zero-order valence-electron chi connectivity index (χ0n) is 13.2. The van der Waals surface area contributed by atoms with Gasteiger partial charge >= 0.3 is 6.03 Å². The second kappa shape index (κ2) is 8.69. The largest absolute Gasteiger partial charge is 0.394 e. The Morgan fingerprint density at radius 1 is 0.958 bits per heavy atom. The molecule has 0 aliphatic heterocycles. The second-order valence-corrected chi connectivity index (χ2v) is 5.36. The van der Waals surface area contributed by atoms with E-state index < -0.39 is 24.6 Å². The van der Waals surface area contributed by atoms with Crippen LogP contribution in [0, 0.1) is 0 Å². The molecule has 0 saturated heterocycles. The fourth-order valence-corrected chi connectivity index (χ4v) is 2.49. The van der Waals surface area contributed by atoms with Crippen LogP contribution in [0.1, 0.15) is 17.0 Å². The zero-order valence-corrected chi connectivity index (χ0v) is 13.2. The van der Waals surface area contributed by atoms with Crippen LogP contribution in [-0.2, 0) is 4.79 Å². The van der Waals surface area contributed by atoms with E-state index >= 15 is 0 Å². The van der Waals surface area contributed by atoms with E-state index in [4.69, 9.17) is 5.73 Å². The number of hydrogen-bond donors (Lipinski definition) is 4. The van der Waals surface area contributed by atoms with Crippen molar-refractivity contribution in [3.63, 3.8) is 0 Å². The Bertz CT molecular complexity index is 622. The fourth-order valence-electron chi connectivity index (χ4n) is 2.49.